The number of carbonyl (C=O) groups excluding carboxylic acids is 1. The summed E-state index contributed by atoms with van der Waals surface area (Å²) >= 11 is 0. The highest BCUT2D eigenvalue weighted by molar-refractivity contribution is 6.10. The molecule has 0 spiro atoms. The van der Waals surface area contributed by atoms with Crippen molar-refractivity contribution in [3.05, 3.63) is 70.6 Å². The summed E-state index contributed by atoms with van der Waals surface area (Å²) in [6.07, 6.45) is 9.42. The van der Waals surface area contributed by atoms with E-state index in [1.165, 1.54) is 16.7 Å². The van der Waals surface area contributed by atoms with Crippen LogP contribution in [0.1, 0.15) is 70.7 Å². The first-order valence-corrected chi connectivity index (χ1v) is 11.5. The highest BCUT2D eigenvalue weighted by Crippen LogP contribution is 2.44. The Morgan fingerprint density at radius 2 is 2.03 bits per heavy atom. The molecule has 0 bridgehead atoms. The molecule has 2 aliphatic heterocycles. The van der Waals surface area contributed by atoms with E-state index < -0.39 is 0 Å². The zero-order valence-corrected chi connectivity index (χ0v) is 20.6. The monoisotopic (exact) mass is 431 g/mol. The molecule has 170 valence electrons. The third-order valence-corrected chi connectivity index (χ3v) is 6.32. The smallest absolute Gasteiger partial charge is 0.161 e. The number of benzene rings is 1. The molecular weight excluding hydrogens is 394 g/mol. The Labute approximate surface area is 193 Å². The van der Waals surface area contributed by atoms with E-state index in [2.05, 4.69) is 76.2 Å². The summed E-state index contributed by atoms with van der Waals surface area (Å²) in [5, 5.41) is 0. The standard InChI is InChI=1S/C28H37N3O/c1-9-20-11-24-21(12-23(20)22(14-29)15-30-17(2)3)13-27(28(6,7)8)31-16-25(19(5)32)18(4)10-26(24)31/h10-12,14-17,27H,4,9,13,29H2,1-3,5-8H3. The van der Waals surface area contributed by atoms with Gasteiger partial charge in [-0.1, -0.05) is 40.3 Å². The summed E-state index contributed by atoms with van der Waals surface area (Å²) in [4.78, 5) is 19.1. The summed E-state index contributed by atoms with van der Waals surface area (Å²) in [5.41, 5.74) is 14.5. The molecule has 1 aromatic carbocycles. The van der Waals surface area contributed by atoms with Gasteiger partial charge >= 0.3 is 0 Å². The molecule has 0 aliphatic carbocycles. The molecule has 1 aromatic rings. The average Bonchev–Trinajstić information content (AvgIpc) is 2.71. The Kier molecular flexibility index (Phi) is 6.64. The second kappa shape index (κ2) is 8.93. The van der Waals surface area contributed by atoms with Crippen LogP contribution in [-0.4, -0.2) is 29.0 Å². The number of aryl methyl sites for hydroxylation is 1. The predicted molar refractivity (Wildman–Crippen MR) is 136 cm³/mol. The molecule has 0 fully saturated rings. The second-order valence-corrected chi connectivity index (χ2v) is 10.2. The van der Waals surface area contributed by atoms with Crippen LogP contribution in [0.5, 0.6) is 0 Å². The quantitative estimate of drug-likeness (QED) is 0.610. The van der Waals surface area contributed by atoms with Crippen molar-refractivity contribution in [2.24, 2.45) is 16.1 Å². The van der Waals surface area contributed by atoms with Crippen LogP contribution < -0.4 is 5.73 Å². The lowest BCUT2D eigenvalue weighted by molar-refractivity contribution is -0.113. The number of rotatable bonds is 5. The van der Waals surface area contributed by atoms with Gasteiger partial charge in [-0.15, -0.1) is 0 Å². The van der Waals surface area contributed by atoms with Gasteiger partial charge in [0, 0.05) is 53.1 Å². The van der Waals surface area contributed by atoms with Gasteiger partial charge in [-0.05, 0) is 73.4 Å². The number of hydrogen-bond acceptors (Lipinski definition) is 4. The molecule has 4 nitrogen and oxygen atoms in total. The van der Waals surface area contributed by atoms with Gasteiger partial charge in [0.05, 0.1) is 0 Å². The Morgan fingerprint density at radius 3 is 2.56 bits per heavy atom. The second-order valence-electron chi connectivity index (χ2n) is 10.2. The van der Waals surface area contributed by atoms with Gasteiger partial charge in [-0.2, -0.15) is 0 Å². The van der Waals surface area contributed by atoms with Crippen molar-refractivity contribution < 1.29 is 4.79 Å². The number of nitrogens with zero attached hydrogens (tertiary/aromatic N) is 2. The molecule has 3 rings (SSSR count). The summed E-state index contributed by atoms with van der Waals surface area (Å²) in [7, 11) is 0. The minimum absolute atomic E-state index is 0.0169. The van der Waals surface area contributed by atoms with Gasteiger partial charge in [0.25, 0.3) is 0 Å². The van der Waals surface area contributed by atoms with E-state index in [0.29, 0.717) is 5.57 Å². The van der Waals surface area contributed by atoms with E-state index in [1.54, 1.807) is 13.1 Å². The van der Waals surface area contributed by atoms with Crippen molar-refractivity contribution in [2.75, 3.05) is 0 Å². The van der Waals surface area contributed by atoms with E-state index in [1.807, 2.05) is 12.4 Å². The van der Waals surface area contributed by atoms with Gasteiger partial charge in [0.1, 0.15) is 0 Å². The third-order valence-electron chi connectivity index (χ3n) is 6.32. The fourth-order valence-electron chi connectivity index (χ4n) is 4.52. The molecule has 0 saturated heterocycles. The van der Waals surface area contributed by atoms with Crippen molar-refractivity contribution >= 4 is 23.3 Å². The summed E-state index contributed by atoms with van der Waals surface area (Å²) in [5.74, 6) is 0.0514. The number of allylic oxidation sites excluding steroid dienone is 4. The summed E-state index contributed by atoms with van der Waals surface area (Å²) in [6.45, 7) is 18.8. The fourth-order valence-corrected chi connectivity index (χ4v) is 4.52. The van der Waals surface area contributed by atoms with E-state index >= 15 is 0 Å². The lowest BCUT2D eigenvalue weighted by atomic mass is 9.75. The molecule has 1 atom stereocenters. The first kappa shape index (κ1) is 23.8. The van der Waals surface area contributed by atoms with Gasteiger partial charge < -0.3 is 10.6 Å². The van der Waals surface area contributed by atoms with Gasteiger partial charge in [-0.3, -0.25) is 9.79 Å². The molecule has 0 amide bonds. The first-order chi connectivity index (χ1) is 15.0. The number of Topliss-reactive ketones (excluding diaryl/α,β-unsaturated/α-hetero) is 1. The van der Waals surface area contributed by atoms with Gasteiger partial charge in [0.15, 0.2) is 5.78 Å². The largest absolute Gasteiger partial charge is 0.404 e. The number of fused-ring (bicyclic) bond motifs is 3. The summed E-state index contributed by atoms with van der Waals surface area (Å²) in [6, 6.07) is 5.02. The zero-order valence-electron chi connectivity index (χ0n) is 20.6. The van der Waals surface area contributed by atoms with Crippen molar-refractivity contribution in [3.8, 4) is 0 Å². The molecule has 0 aromatic heterocycles. The maximum Gasteiger partial charge on any atom is 0.161 e. The maximum atomic E-state index is 12.2. The number of hydrogen-bond donors (Lipinski definition) is 1. The Morgan fingerprint density at radius 1 is 1.34 bits per heavy atom. The van der Waals surface area contributed by atoms with E-state index in [4.69, 9.17) is 5.73 Å². The van der Waals surface area contributed by atoms with Crippen LogP contribution in [-0.2, 0) is 17.6 Å². The Hall–Kier alpha value is -2.88. The van der Waals surface area contributed by atoms with Crippen molar-refractivity contribution in [3.63, 3.8) is 0 Å². The van der Waals surface area contributed by atoms with Crippen LogP contribution in [0, 0.1) is 5.41 Å². The molecule has 4 heteroatoms. The van der Waals surface area contributed by atoms with Crippen LogP contribution in [0.2, 0.25) is 0 Å². The lowest BCUT2D eigenvalue weighted by Crippen LogP contribution is -2.45. The molecule has 2 aliphatic rings. The molecule has 32 heavy (non-hydrogen) atoms. The molecule has 1 unspecified atom stereocenters. The Bertz CT molecular complexity index is 1060. The summed E-state index contributed by atoms with van der Waals surface area (Å²) < 4.78 is 0. The minimum atomic E-state index is 0.0169. The predicted octanol–water partition coefficient (Wildman–Crippen LogP) is 5.68. The SMILES string of the molecule is C=C1C=C2c3cc(CC)c(C(C=NC(C)C)=CN)cc3CC(C(C)(C)C)N2C=C1C(C)=O. The van der Waals surface area contributed by atoms with Crippen molar-refractivity contribution in [1.82, 2.24) is 4.90 Å². The van der Waals surface area contributed by atoms with Gasteiger partial charge in [0.2, 0.25) is 0 Å². The van der Waals surface area contributed by atoms with Crippen LogP contribution in [0.3, 0.4) is 0 Å². The first-order valence-electron chi connectivity index (χ1n) is 11.5. The average molecular weight is 432 g/mol. The fraction of sp³-hybridized carbons (Fsp3) is 0.429. The highest BCUT2D eigenvalue weighted by atomic mass is 16.1. The van der Waals surface area contributed by atoms with Crippen molar-refractivity contribution in [2.45, 2.75) is 73.4 Å². The number of nitrogens with two attached hydrogens (primary N) is 1. The van der Waals surface area contributed by atoms with Gasteiger partial charge in [-0.25, -0.2) is 0 Å². The van der Waals surface area contributed by atoms with Crippen molar-refractivity contribution in [1.29, 1.82) is 0 Å². The number of aliphatic imine (C=N–C) groups is 1. The van der Waals surface area contributed by atoms with E-state index in [-0.39, 0.29) is 23.3 Å². The Balaban J connectivity index is 2.21. The third kappa shape index (κ3) is 4.50. The minimum Gasteiger partial charge on any atom is -0.404 e. The van der Waals surface area contributed by atoms with Crippen LogP contribution >= 0.6 is 0 Å². The molecule has 2 N–H and O–H groups in total. The number of carbonyl (C=O) groups is 1. The lowest BCUT2D eigenvalue weighted by Gasteiger charge is -2.47. The van der Waals surface area contributed by atoms with Crippen LogP contribution in [0.25, 0.3) is 11.3 Å². The maximum absolute atomic E-state index is 12.2. The molecule has 0 saturated carbocycles. The topological polar surface area (TPSA) is 58.7 Å². The van der Waals surface area contributed by atoms with E-state index in [9.17, 15) is 4.79 Å². The molecule has 0 radical (unpaired) electrons. The normalized spacial score (nSPS) is 19.1. The van der Waals surface area contributed by atoms with E-state index in [0.717, 1.165) is 35.2 Å². The number of ketones is 1. The van der Waals surface area contributed by atoms with Crippen LogP contribution in [0.4, 0.5) is 0 Å². The zero-order chi connectivity index (χ0) is 23.8. The highest BCUT2D eigenvalue weighted by Gasteiger charge is 2.38. The molecule has 2 heterocycles. The van der Waals surface area contributed by atoms with Crippen LogP contribution in [0.15, 0.2) is 53.3 Å². The molecular formula is C28H37N3O.